The molecule has 3 nitrogen and oxygen atoms in total. The number of hydrogen-bond acceptors (Lipinski definition) is 2. The van der Waals surface area contributed by atoms with Crippen LogP contribution >= 0.6 is 0 Å². The van der Waals surface area contributed by atoms with Gasteiger partial charge >= 0.3 is 60.3 Å². The van der Waals surface area contributed by atoms with Crippen LogP contribution in [0.4, 0.5) is 0 Å². The average molecular weight is 449 g/mol. The minimum absolute atomic E-state index is 0.345. The maximum atomic E-state index is 10.3. The van der Waals surface area contributed by atoms with Crippen molar-refractivity contribution in [3.05, 3.63) is 0 Å². The summed E-state index contributed by atoms with van der Waals surface area (Å²) in [7, 11) is 0. The van der Waals surface area contributed by atoms with Gasteiger partial charge < -0.3 is 5.11 Å². The van der Waals surface area contributed by atoms with Gasteiger partial charge in [0.15, 0.2) is 0 Å². The monoisotopic (exact) mass is 447 g/mol. The molecule has 0 spiro atoms. The second kappa shape index (κ2) is 27.5. The molecule has 0 unspecified atom stereocenters. The van der Waals surface area contributed by atoms with Crippen molar-refractivity contribution in [1.82, 2.24) is 0 Å². The van der Waals surface area contributed by atoms with Crippen LogP contribution in [0.25, 0.3) is 0 Å². The Balaban J connectivity index is 0. The summed E-state index contributed by atoms with van der Waals surface area (Å²) in [6.45, 7) is 5.39. The second-order valence-corrected chi connectivity index (χ2v) is 8.01. The number of carboxylic acids is 1. The van der Waals surface area contributed by atoms with Gasteiger partial charge in [0.1, 0.15) is 0 Å². The van der Waals surface area contributed by atoms with Crippen LogP contribution in [0.2, 0.25) is 0 Å². The molecule has 0 saturated heterocycles. The van der Waals surface area contributed by atoms with Crippen LogP contribution < -0.4 is 0 Å². The Morgan fingerprint density at radius 1 is 0.654 bits per heavy atom. The zero-order chi connectivity index (χ0) is 19.7. The zero-order valence-corrected chi connectivity index (χ0v) is 20.2. The van der Waals surface area contributed by atoms with Crippen molar-refractivity contribution in [2.24, 2.45) is 0 Å². The molecule has 0 radical (unpaired) electrons. The molecule has 155 valence electrons. The summed E-state index contributed by atoms with van der Waals surface area (Å²) in [4.78, 5) is 10.3. The van der Waals surface area contributed by atoms with E-state index in [1.165, 1.54) is 121 Å². The predicted octanol–water partition coefficient (Wildman–Crippen LogP) is 7.60. The molecule has 0 aliphatic rings. The molecular weight excluding hydrogens is 403 g/mol. The molecule has 0 atom stereocenters. The van der Waals surface area contributed by atoms with Gasteiger partial charge in [0.25, 0.3) is 0 Å². The zero-order valence-electron chi connectivity index (χ0n) is 17.7. The van der Waals surface area contributed by atoms with E-state index in [1.54, 1.807) is 0 Å². The quantitative estimate of drug-likeness (QED) is 0.207. The van der Waals surface area contributed by atoms with Crippen LogP contribution in [0.1, 0.15) is 129 Å². The Morgan fingerprint density at radius 2 is 1.00 bits per heavy atom. The standard InChI is InChI=1S/C18H36O2.C4H9O.Zr/c1-2-3-4-5-6-7-8-9-10-11-12-13-14-15-16-17-18(19)20;1-2-3-4-5;/h2-17H2,1H3,(H,19,20);2-4H2,1H3;/q;-1;+1. The molecule has 0 aromatic rings. The van der Waals surface area contributed by atoms with Crippen LogP contribution in [-0.4, -0.2) is 17.7 Å². The van der Waals surface area contributed by atoms with Crippen LogP contribution in [0.5, 0.6) is 0 Å². The fourth-order valence-corrected chi connectivity index (χ4v) is 3.22. The fraction of sp³-hybridized carbons (Fsp3) is 0.955. The van der Waals surface area contributed by atoms with Gasteiger partial charge in [0.2, 0.25) is 0 Å². The van der Waals surface area contributed by atoms with E-state index < -0.39 is 5.97 Å². The van der Waals surface area contributed by atoms with Crippen LogP contribution in [-0.2, 0) is 32.8 Å². The average Bonchev–Trinajstić information content (AvgIpc) is 2.63. The van der Waals surface area contributed by atoms with Crippen molar-refractivity contribution < 1.29 is 37.9 Å². The first-order chi connectivity index (χ1) is 12.7. The third-order valence-corrected chi connectivity index (χ3v) is 5.10. The fourth-order valence-electron chi connectivity index (χ4n) is 2.86. The van der Waals surface area contributed by atoms with Crippen molar-refractivity contribution in [3.63, 3.8) is 0 Å². The second-order valence-electron chi connectivity index (χ2n) is 7.30. The van der Waals surface area contributed by atoms with Gasteiger partial charge in [-0.3, -0.25) is 4.79 Å². The van der Waals surface area contributed by atoms with Gasteiger partial charge in [-0.05, 0) is 6.42 Å². The molecule has 0 aliphatic heterocycles. The molecule has 0 fully saturated rings. The van der Waals surface area contributed by atoms with E-state index in [4.69, 9.17) is 7.92 Å². The third kappa shape index (κ3) is 32.0. The van der Waals surface area contributed by atoms with E-state index in [9.17, 15) is 4.79 Å². The Bertz CT molecular complexity index is 256. The topological polar surface area (TPSA) is 46.5 Å². The van der Waals surface area contributed by atoms with Gasteiger partial charge in [0, 0.05) is 6.42 Å². The van der Waals surface area contributed by atoms with E-state index >= 15 is 0 Å². The molecule has 0 aromatic heterocycles. The number of carbonyl (C=O) groups is 1. The van der Waals surface area contributed by atoms with Crippen LogP contribution in [0, 0.1) is 0 Å². The van der Waals surface area contributed by atoms with Gasteiger partial charge in [-0.15, -0.1) is 0 Å². The summed E-state index contributed by atoms with van der Waals surface area (Å²) < 4.78 is 4.87. The molecule has 26 heavy (non-hydrogen) atoms. The third-order valence-electron chi connectivity index (χ3n) is 4.59. The summed E-state index contributed by atoms with van der Waals surface area (Å²) in [6.07, 6.45) is 22.7. The first-order valence-corrected chi connectivity index (χ1v) is 12.2. The SMILES string of the molecule is CCCCCCCCCCCCCCCCCC(=O)O.CCCC[O][Zr]. The Labute approximate surface area is 179 Å². The van der Waals surface area contributed by atoms with Crippen molar-refractivity contribution in [3.8, 4) is 0 Å². The molecule has 0 heterocycles. The van der Waals surface area contributed by atoms with Gasteiger partial charge in [-0.25, -0.2) is 0 Å². The maximum absolute atomic E-state index is 10.3. The molecule has 0 bridgehead atoms. The van der Waals surface area contributed by atoms with E-state index in [2.05, 4.69) is 13.8 Å². The van der Waals surface area contributed by atoms with Crippen molar-refractivity contribution in [1.29, 1.82) is 0 Å². The van der Waals surface area contributed by atoms with Gasteiger partial charge in [0.05, 0.1) is 0 Å². The number of unbranched alkanes of at least 4 members (excludes halogenated alkanes) is 15. The predicted molar refractivity (Wildman–Crippen MR) is 108 cm³/mol. The molecule has 1 N–H and O–H groups in total. The summed E-state index contributed by atoms with van der Waals surface area (Å²) in [5.74, 6) is -0.653. The first-order valence-electron chi connectivity index (χ1n) is 11.2. The molecule has 4 heteroatoms. The van der Waals surface area contributed by atoms with E-state index in [0.717, 1.165) is 19.4 Å². The molecule has 0 aromatic carbocycles. The summed E-state index contributed by atoms with van der Waals surface area (Å²) in [5.41, 5.74) is 0. The summed E-state index contributed by atoms with van der Waals surface area (Å²) >= 11 is 1.19. The summed E-state index contributed by atoms with van der Waals surface area (Å²) in [6, 6.07) is 0. The summed E-state index contributed by atoms with van der Waals surface area (Å²) in [5, 5.41) is 8.52. The number of hydrogen-bond donors (Lipinski definition) is 1. The number of aliphatic carboxylic acids is 1. The number of rotatable bonds is 19. The van der Waals surface area contributed by atoms with Crippen LogP contribution in [0.3, 0.4) is 0 Å². The van der Waals surface area contributed by atoms with E-state index in [-0.39, 0.29) is 0 Å². The first kappa shape index (κ1) is 28.5. The molecule has 0 rings (SSSR count). The van der Waals surface area contributed by atoms with Crippen molar-refractivity contribution in [2.45, 2.75) is 129 Å². The van der Waals surface area contributed by atoms with Crippen LogP contribution in [0.15, 0.2) is 0 Å². The number of carboxylic acid groups (broad SMARTS) is 1. The molecular formula is C22H45O3Zr. The molecule has 0 aliphatic carbocycles. The van der Waals surface area contributed by atoms with Gasteiger partial charge in [-0.2, -0.15) is 0 Å². The Morgan fingerprint density at radius 3 is 1.27 bits per heavy atom. The minimum atomic E-state index is -0.653. The van der Waals surface area contributed by atoms with Crippen molar-refractivity contribution in [2.75, 3.05) is 6.61 Å². The Kier molecular flexibility index (Phi) is 30.2. The van der Waals surface area contributed by atoms with Crippen molar-refractivity contribution >= 4 is 5.97 Å². The van der Waals surface area contributed by atoms with Gasteiger partial charge in [-0.1, -0.05) is 96.8 Å². The molecule has 0 amide bonds. The van der Waals surface area contributed by atoms with E-state index in [0.29, 0.717) is 6.42 Å². The van der Waals surface area contributed by atoms with E-state index in [1.807, 2.05) is 0 Å². The Hall–Kier alpha value is 0.313. The molecule has 0 saturated carbocycles. The normalized spacial score (nSPS) is 10.3.